The second-order valence-electron chi connectivity index (χ2n) is 7.90. The predicted molar refractivity (Wildman–Crippen MR) is 120 cm³/mol. The van der Waals surface area contributed by atoms with Crippen LogP contribution in [0.5, 0.6) is 0 Å². The molecule has 0 aliphatic carbocycles. The number of nitrogens with zero attached hydrogens (tertiary/aromatic N) is 2. The van der Waals surface area contributed by atoms with Gasteiger partial charge in [-0.1, -0.05) is 18.2 Å². The summed E-state index contributed by atoms with van der Waals surface area (Å²) >= 11 is 0. The summed E-state index contributed by atoms with van der Waals surface area (Å²) < 4.78 is 38.8. The van der Waals surface area contributed by atoms with Crippen molar-refractivity contribution in [2.45, 2.75) is 19.1 Å². The van der Waals surface area contributed by atoms with Crippen molar-refractivity contribution in [3.8, 4) is 0 Å². The lowest BCUT2D eigenvalue weighted by molar-refractivity contribution is -0.137. The number of alkyl halides is 3. The lowest BCUT2D eigenvalue weighted by atomic mass is 10.1. The van der Waals surface area contributed by atoms with Crippen LogP contribution in [-0.2, 0) is 12.7 Å². The maximum Gasteiger partial charge on any atom is 0.416 e. The molecule has 0 unspecified atom stereocenters. The fraction of sp³-hybridized carbons (Fsp3) is 0.391. The first-order chi connectivity index (χ1) is 15.7. The van der Waals surface area contributed by atoms with Crippen molar-refractivity contribution < 1.29 is 22.8 Å². The van der Waals surface area contributed by atoms with Crippen LogP contribution in [0.2, 0.25) is 0 Å². The van der Waals surface area contributed by atoms with E-state index in [4.69, 9.17) is 5.73 Å². The normalized spacial score (nSPS) is 14.7. The van der Waals surface area contributed by atoms with Crippen LogP contribution in [0.15, 0.2) is 48.5 Å². The fourth-order valence-corrected chi connectivity index (χ4v) is 3.64. The van der Waals surface area contributed by atoms with Gasteiger partial charge < -0.3 is 21.3 Å². The second kappa shape index (κ2) is 11.0. The summed E-state index contributed by atoms with van der Waals surface area (Å²) in [4.78, 5) is 27.2. The molecule has 2 aromatic carbocycles. The van der Waals surface area contributed by atoms with Gasteiger partial charge in [0.05, 0.1) is 5.56 Å². The van der Waals surface area contributed by atoms with E-state index < -0.39 is 17.6 Å². The first kappa shape index (κ1) is 24.4. The van der Waals surface area contributed by atoms with E-state index >= 15 is 0 Å². The Morgan fingerprint density at radius 1 is 0.970 bits per heavy atom. The summed E-state index contributed by atoms with van der Waals surface area (Å²) in [5, 5.41) is 5.57. The zero-order valence-electron chi connectivity index (χ0n) is 18.2. The molecule has 10 heteroatoms. The molecule has 0 atom stereocenters. The van der Waals surface area contributed by atoms with Crippen molar-refractivity contribution >= 4 is 17.6 Å². The predicted octanol–water partition coefficient (Wildman–Crippen LogP) is 2.82. The highest BCUT2D eigenvalue weighted by molar-refractivity contribution is 5.92. The van der Waals surface area contributed by atoms with Crippen LogP contribution >= 0.6 is 0 Å². The van der Waals surface area contributed by atoms with Gasteiger partial charge in [0.25, 0.3) is 0 Å². The Morgan fingerprint density at radius 3 is 2.30 bits per heavy atom. The van der Waals surface area contributed by atoms with E-state index in [1.807, 2.05) is 4.90 Å². The number of urea groups is 1. The molecule has 0 spiro atoms. The van der Waals surface area contributed by atoms with Crippen LogP contribution in [0.4, 0.5) is 23.7 Å². The number of rotatable bonds is 8. The van der Waals surface area contributed by atoms with Gasteiger partial charge in [0.15, 0.2) is 0 Å². The Hall–Kier alpha value is -3.27. The number of piperazine rings is 1. The number of benzene rings is 2. The van der Waals surface area contributed by atoms with Gasteiger partial charge in [-0.3, -0.25) is 9.69 Å². The standard InChI is InChI=1S/C23H28F3N5O2/c24-23(25,26)19-3-1-4-20(15-19)31-13-11-30(12-14-31)10-2-9-28-22(33)29-16-17-5-7-18(8-6-17)21(27)32/h1,3-8,15H,2,9-14,16H2,(H2,27,32)(H2,28,29,33). The molecule has 33 heavy (non-hydrogen) atoms. The first-order valence-corrected chi connectivity index (χ1v) is 10.8. The summed E-state index contributed by atoms with van der Waals surface area (Å²) in [6.45, 7) is 4.47. The van der Waals surface area contributed by atoms with Crippen LogP contribution < -0.4 is 21.3 Å². The summed E-state index contributed by atoms with van der Waals surface area (Å²) in [5.74, 6) is -0.496. The highest BCUT2D eigenvalue weighted by Crippen LogP contribution is 2.31. The molecule has 3 rings (SSSR count). The van der Waals surface area contributed by atoms with Gasteiger partial charge in [-0.25, -0.2) is 4.79 Å². The number of nitrogens with one attached hydrogen (secondary N) is 2. The Morgan fingerprint density at radius 2 is 1.67 bits per heavy atom. The molecule has 0 bridgehead atoms. The van der Waals surface area contributed by atoms with Gasteiger partial charge in [0, 0.05) is 50.5 Å². The second-order valence-corrected chi connectivity index (χ2v) is 7.90. The Balaban J connectivity index is 1.31. The van der Waals surface area contributed by atoms with Gasteiger partial charge in [-0.15, -0.1) is 0 Å². The molecule has 1 fully saturated rings. The molecule has 1 aliphatic heterocycles. The molecule has 4 N–H and O–H groups in total. The summed E-state index contributed by atoms with van der Waals surface area (Å²) in [6.07, 6.45) is -3.57. The molecule has 3 amide bonds. The van der Waals surface area contributed by atoms with E-state index in [1.165, 1.54) is 12.1 Å². The lowest BCUT2D eigenvalue weighted by Crippen LogP contribution is -2.47. The average Bonchev–Trinajstić information content (AvgIpc) is 2.80. The van der Waals surface area contributed by atoms with Crippen LogP contribution in [0, 0.1) is 0 Å². The Bertz CT molecular complexity index is 942. The van der Waals surface area contributed by atoms with Crippen molar-refractivity contribution in [3.63, 3.8) is 0 Å². The van der Waals surface area contributed by atoms with Gasteiger partial charge in [-0.05, 0) is 48.9 Å². The average molecular weight is 464 g/mol. The fourth-order valence-electron chi connectivity index (χ4n) is 3.64. The van der Waals surface area contributed by atoms with Crippen molar-refractivity contribution in [3.05, 3.63) is 65.2 Å². The lowest BCUT2D eigenvalue weighted by Gasteiger charge is -2.36. The molecule has 0 saturated carbocycles. The van der Waals surface area contributed by atoms with Crippen molar-refractivity contribution in [2.75, 3.05) is 44.2 Å². The largest absolute Gasteiger partial charge is 0.416 e. The molecular weight excluding hydrogens is 435 g/mol. The molecule has 1 saturated heterocycles. The minimum atomic E-state index is -4.34. The van der Waals surface area contributed by atoms with Crippen LogP contribution in [0.1, 0.15) is 27.9 Å². The number of hydrogen-bond acceptors (Lipinski definition) is 4. The monoisotopic (exact) mass is 463 g/mol. The van der Waals surface area contributed by atoms with E-state index in [1.54, 1.807) is 30.3 Å². The molecule has 2 aromatic rings. The van der Waals surface area contributed by atoms with Crippen LogP contribution in [0.3, 0.4) is 0 Å². The SMILES string of the molecule is NC(=O)c1ccc(CNC(=O)NCCCN2CCN(c3cccc(C(F)(F)F)c3)CC2)cc1. The third kappa shape index (κ3) is 7.38. The zero-order valence-corrected chi connectivity index (χ0v) is 18.2. The van der Waals surface area contributed by atoms with E-state index in [-0.39, 0.29) is 6.03 Å². The summed E-state index contributed by atoms with van der Waals surface area (Å²) in [7, 11) is 0. The van der Waals surface area contributed by atoms with E-state index in [0.717, 1.165) is 37.7 Å². The van der Waals surface area contributed by atoms with Crippen molar-refractivity contribution in [2.24, 2.45) is 5.73 Å². The molecule has 7 nitrogen and oxygen atoms in total. The number of primary amides is 1. The smallest absolute Gasteiger partial charge is 0.369 e. The first-order valence-electron chi connectivity index (χ1n) is 10.8. The molecule has 1 heterocycles. The van der Waals surface area contributed by atoms with Gasteiger partial charge in [0.2, 0.25) is 5.91 Å². The molecule has 178 valence electrons. The number of anilines is 1. The summed E-state index contributed by atoms with van der Waals surface area (Å²) in [5.41, 5.74) is 6.43. The number of carbonyl (C=O) groups is 2. The van der Waals surface area contributed by atoms with Crippen LogP contribution in [-0.4, -0.2) is 56.1 Å². The maximum atomic E-state index is 12.9. The molecule has 0 aromatic heterocycles. The third-order valence-corrected chi connectivity index (χ3v) is 5.54. The highest BCUT2D eigenvalue weighted by atomic mass is 19.4. The van der Waals surface area contributed by atoms with Gasteiger partial charge in [-0.2, -0.15) is 13.2 Å². The Kier molecular flexibility index (Phi) is 8.16. The zero-order chi connectivity index (χ0) is 23.8. The minimum absolute atomic E-state index is 0.275. The number of halogens is 3. The van der Waals surface area contributed by atoms with Crippen molar-refractivity contribution in [1.29, 1.82) is 0 Å². The van der Waals surface area contributed by atoms with Gasteiger partial charge in [0.1, 0.15) is 0 Å². The molecule has 1 aliphatic rings. The number of nitrogens with two attached hydrogens (primary N) is 1. The minimum Gasteiger partial charge on any atom is -0.369 e. The number of amides is 3. The van der Waals surface area contributed by atoms with Gasteiger partial charge >= 0.3 is 12.2 Å². The maximum absolute atomic E-state index is 12.9. The van der Waals surface area contributed by atoms with E-state index in [2.05, 4.69) is 15.5 Å². The Labute approximate surface area is 190 Å². The number of hydrogen-bond donors (Lipinski definition) is 3. The van der Waals surface area contributed by atoms with Crippen LogP contribution in [0.25, 0.3) is 0 Å². The quantitative estimate of drug-likeness (QED) is 0.525. The molecular formula is C23H28F3N5O2. The topological polar surface area (TPSA) is 90.7 Å². The van der Waals surface area contributed by atoms with E-state index in [9.17, 15) is 22.8 Å². The highest BCUT2D eigenvalue weighted by Gasteiger charge is 2.31. The summed E-state index contributed by atoms with van der Waals surface area (Å²) in [6, 6.07) is 11.9. The van der Waals surface area contributed by atoms with E-state index in [0.29, 0.717) is 37.4 Å². The third-order valence-electron chi connectivity index (χ3n) is 5.54. The molecule has 0 radical (unpaired) electrons. The number of carbonyl (C=O) groups excluding carboxylic acids is 2. The van der Waals surface area contributed by atoms with Crippen molar-refractivity contribution in [1.82, 2.24) is 15.5 Å².